The van der Waals surface area contributed by atoms with Gasteiger partial charge in [-0.05, 0) is 0 Å². The van der Waals surface area contributed by atoms with Crippen molar-refractivity contribution in [1.29, 1.82) is 0 Å². The third-order valence-electron chi connectivity index (χ3n) is 3.17. The average molecular weight is 420 g/mol. The molecule has 0 spiro atoms. The number of carbonyl (C=O) groups excluding carboxylic acids is 4. The van der Waals surface area contributed by atoms with Crippen LogP contribution in [0.25, 0.3) is 0 Å². The molecule has 0 saturated carbocycles. The van der Waals surface area contributed by atoms with Gasteiger partial charge in [0.15, 0.2) is 11.6 Å². The zero-order valence-corrected chi connectivity index (χ0v) is 14.7. The van der Waals surface area contributed by atoms with Crippen molar-refractivity contribution in [3.8, 4) is 0 Å². The third-order valence-corrected chi connectivity index (χ3v) is 3.17. The lowest BCUT2D eigenvalue weighted by Gasteiger charge is -2.16. The number of rotatable bonds is 0. The molecule has 30 heavy (non-hydrogen) atoms. The number of carbonyl (C=O) groups is 6. The van der Waals surface area contributed by atoms with Crippen LogP contribution in [0, 0.1) is 0 Å². The van der Waals surface area contributed by atoms with Crippen LogP contribution >= 0.6 is 0 Å². The van der Waals surface area contributed by atoms with Gasteiger partial charge >= 0.3 is 24.6 Å². The smallest absolute Gasteiger partial charge is 0.450 e. The number of ketones is 2. The van der Waals surface area contributed by atoms with Gasteiger partial charge in [-0.1, -0.05) is 48.5 Å². The summed E-state index contributed by atoms with van der Waals surface area (Å²) in [6.45, 7) is 0. The van der Waals surface area contributed by atoms with Crippen molar-refractivity contribution in [2.24, 2.45) is 0 Å². The topological polar surface area (TPSA) is 202 Å². The monoisotopic (exact) mass is 420 g/mol. The van der Waals surface area contributed by atoms with E-state index in [9.17, 15) is 19.2 Å². The molecule has 4 rings (SSSR count). The summed E-state index contributed by atoms with van der Waals surface area (Å²) < 4.78 is 7.28. The highest BCUT2D eigenvalue weighted by atomic mass is 16.9. The molecule has 4 N–H and O–H groups in total. The lowest BCUT2D eigenvalue weighted by atomic mass is 9.84. The van der Waals surface area contributed by atoms with Crippen molar-refractivity contribution < 1.29 is 58.7 Å². The van der Waals surface area contributed by atoms with Crippen LogP contribution in [0.3, 0.4) is 0 Å². The van der Waals surface area contributed by atoms with E-state index >= 15 is 0 Å². The molecule has 1 saturated heterocycles. The van der Waals surface area contributed by atoms with Gasteiger partial charge in [0, 0.05) is 22.3 Å². The van der Waals surface area contributed by atoms with Crippen molar-refractivity contribution in [3.63, 3.8) is 0 Å². The maximum Gasteiger partial charge on any atom is 0.528 e. The fraction of sp³-hybridized carbons (Fsp3) is 0. The van der Waals surface area contributed by atoms with E-state index in [0.717, 1.165) is 0 Å². The Kier molecular flexibility index (Phi) is 8.20. The van der Waals surface area contributed by atoms with Gasteiger partial charge in [-0.3, -0.25) is 9.59 Å². The summed E-state index contributed by atoms with van der Waals surface area (Å²) >= 11 is 0. The second-order valence-electron chi connectivity index (χ2n) is 5.02. The first-order valence-corrected chi connectivity index (χ1v) is 7.59. The Labute approximate surface area is 166 Å². The van der Waals surface area contributed by atoms with Gasteiger partial charge in [-0.2, -0.15) is 0 Å². The maximum atomic E-state index is 12.1. The first-order valence-electron chi connectivity index (χ1n) is 7.59. The van der Waals surface area contributed by atoms with Gasteiger partial charge < -0.3 is 29.9 Å². The lowest BCUT2D eigenvalue weighted by molar-refractivity contribution is 0.00671. The Bertz CT molecular complexity index is 860. The average Bonchev–Trinajstić information content (AvgIpc) is 2.65. The van der Waals surface area contributed by atoms with Crippen molar-refractivity contribution >= 4 is 36.2 Å². The Morgan fingerprint density at radius 3 is 0.867 bits per heavy atom. The molecule has 2 aromatic rings. The van der Waals surface area contributed by atoms with E-state index in [4.69, 9.17) is 30.0 Å². The molecule has 1 aliphatic carbocycles. The first-order chi connectivity index (χ1) is 14.0. The van der Waals surface area contributed by atoms with Crippen LogP contribution in [0.1, 0.15) is 31.8 Å². The molecule has 1 aliphatic heterocycles. The largest absolute Gasteiger partial charge is 0.528 e. The second-order valence-corrected chi connectivity index (χ2v) is 5.02. The highest BCUT2D eigenvalue weighted by Gasteiger charge is 2.28. The molecule has 12 heteroatoms. The fourth-order valence-corrected chi connectivity index (χ4v) is 2.19. The Morgan fingerprint density at radius 1 is 0.533 bits per heavy atom. The summed E-state index contributed by atoms with van der Waals surface area (Å²) in [7, 11) is 0. The van der Waals surface area contributed by atoms with Crippen LogP contribution in [0.2, 0.25) is 0 Å². The zero-order chi connectivity index (χ0) is 22.8. The maximum absolute atomic E-state index is 12.1. The van der Waals surface area contributed by atoms with Crippen LogP contribution < -0.4 is 0 Å². The summed E-state index contributed by atoms with van der Waals surface area (Å²) in [5, 5.41) is 27.9. The van der Waals surface area contributed by atoms with Gasteiger partial charge in [0.1, 0.15) is 0 Å². The van der Waals surface area contributed by atoms with Gasteiger partial charge in [0.2, 0.25) is 0 Å². The zero-order valence-electron chi connectivity index (χ0n) is 14.7. The molecule has 0 unspecified atom stereocenters. The number of hydrogen-bond acceptors (Lipinski definition) is 8. The van der Waals surface area contributed by atoms with Crippen LogP contribution in [0.15, 0.2) is 48.5 Å². The quantitative estimate of drug-likeness (QED) is 0.306. The van der Waals surface area contributed by atoms with Crippen molar-refractivity contribution in [3.05, 3.63) is 70.8 Å². The van der Waals surface area contributed by atoms with Gasteiger partial charge in [-0.15, -0.1) is 0 Å². The van der Waals surface area contributed by atoms with E-state index in [2.05, 4.69) is 9.47 Å². The van der Waals surface area contributed by atoms with Gasteiger partial charge in [0.25, 0.3) is 0 Å². The predicted molar refractivity (Wildman–Crippen MR) is 94.0 cm³/mol. The number of carboxylic acid groups (broad SMARTS) is 4. The van der Waals surface area contributed by atoms with E-state index in [1.165, 1.54) is 0 Å². The first kappa shape index (κ1) is 23.3. The molecule has 2 aliphatic rings. The van der Waals surface area contributed by atoms with Gasteiger partial charge in [0.05, 0.1) is 0 Å². The second kappa shape index (κ2) is 10.6. The molecule has 12 nitrogen and oxygen atoms in total. The van der Waals surface area contributed by atoms with Crippen molar-refractivity contribution in [2.75, 3.05) is 0 Å². The van der Waals surface area contributed by atoms with E-state index in [1.807, 2.05) is 0 Å². The molecule has 0 amide bonds. The van der Waals surface area contributed by atoms with E-state index in [0.29, 0.717) is 22.3 Å². The molecule has 2 aromatic carbocycles. The standard InChI is InChI=1S/C14H8O2.C2O4.2CH2O3/c15-13-9-5-1-2-6-10(9)14(16)12-8-4-3-7-11(12)13;3-1-5-2(4)6-1;2*2-1(3)4/h1-8H;;2*(H2,2,3,4). The van der Waals surface area contributed by atoms with Crippen molar-refractivity contribution in [1.82, 2.24) is 0 Å². The molecular weight excluding hydrogens is 408 g/mol. The number of benzene rings is 2. The van der Waals surface area contributed by atoms with Crippen LogP contribution in [0.4, 0.5) is 19.2 Å². The lowest BCUT2D eigenvalue weighted by Crippen LogP contribution is -2.27. The molecule has 0 radical (unpaired) electrons. The highest BCUT2D eigenvalue weighted by Crippen LogP contribution is 2.26. The number of cyclic esters (lactones) is 4. The predicted octanol–water partition coefficient (Wildman–Crippen LogP) is 3.18. The van der Waals surface area contributed by atoms with Crippen LogP contribution in [0.5, 0.6) is 0 Å². The van der Waals surface area contributed by atoms with E-state index in [-0.39, 0.29) is 11.6 Å². The SMILES string of the molecule is O=C(O)O.O=C(O)O.O=C1OC(=O)O1.O=C1c2ccccc2C(=O)c2ccccc21. The number of hydrogen-bond donors (Lipinski definition) is 4. The number of fused-ring (bicyclic) bond motifs is 2. The number of ether oxygens (including phenoxy) is 2. The summed E-state index contributed by atoms with van der Waals surface area (Å²) in [5.74, 6) is -0.128. The summed E-state index contributed by atoms with van der Waals surface area (Å²) in [4.78, 5) is 60.2. The van der Waals surface area contributed by atoms with Crippen LogP contribution in [-0.2, 0) is 9.47 Å². The normalized spacial score (nSPS) is 12.3. The Hall–Kier alpha value is -4.74. The summed E-state index contributed by atoms with van der Waals surface area (Å²) in [6.07, 6.45) is -5.50. The van der Waals surface area contributed by atoms with Crippen LogP contribution in [-0.4, -0.2) is 56.6 Å². The van der Waals surface area contributed by atoms with E-state index < -0.39 is 24.6 Å². The van der Waals surface area contributed by atoms with Crippen molar-refractivity contribution in [2.45, 2.75) is 0 Å². The van der Waals surface area contributed by atoms with E-state index in [1.54, 1.807) is 48.5 Å². The Morgan fingerprint density at radius 2 is 0.733 bits per heavy atom. The fourth-order valence-electron chi connectivity index (χ4n) is 2.19. The highest BCUT2D eigenvalue weighted by molar-refractivity contribution is 6.28. The summed E-state index contributed by atoms with van der Waals surface area (Å²) in [6, 6.07) is 13.9. The molecule has 1 fully saturated rings. The molecular formula is C18H12O12. The van der Waals surface area contributed by atoms with Gasteiger partial charge in [-0.25, -0.2) is 19.2 Å². The minimum Gasteiger partial charge on any atom is -0.450 e. The molecule has 1 heterocycles. The minimum atomic E-state index is -1.83. The summed E-state index contributed by atoms with van der Waals surface area (Å²) in [5.41, 5.74) is 2.02. The Balaban J connectivity index is 0.000000265. The molecule has 0 atom stereocenters. The molecule has 156 valence electrons. The minimum absolute atomic E-state index is 0.0641. The molecule has 0 bridgehead atoms. The third kappa shape index (κ3) is 6.77. The molecule has 0 aromatic heterocycles.